The molecule has 0 saturated carbocycles. The molecule has 1 aromatic heterocycles. The van der Waals surface area contributed by atoms with E-state index in [1.165, 1.54) is 22.5 Å². The van der Waals surface area contributed by atoms with Crippen molar-refractivity contribution in [2.45, 2.75) is 27.0 Å². The van der Waals surface area contributed by atoms with E-state index in [1.807, 2.05) is 23.6 Å². The summed E-state index contributed by atoms with van der Waals surface area (Å²) in [4.78, 5) is 19.3. The molecule has 0 spiro atoms. The smallest absolute Gasteiger partial charge is 0.254 e. The van der Waals surface area contributed by atoms with Crippen molar-refractivity contribution in [1.29, 1.82) is 0 Å². The highest BCUT2D eigenvalue weighted by Crippen LogP contribution is 2.20. The van der Waals surface area contributed by atoms with Crippen molar-refractivity contribution in [3.8, 4) is 5.75 Å². The van der Waals surface area contributed by atoms with Gasteiger partial charge in [-0.2, -0.15) is 0 Å². The summed E-state index contributed by atoms with van der Waals surface area (Å²) in [5.41, 5.74) is 3.85. The van der Waals surface area contributed by atoms with Crippen LogP contribution in [0.5, 0.6) is 5.75 Å². The summed E-state index contributed by atoms with van der Waals surface area (Å²) in [5, 5.41) is 3.44. The van der Waals surface area contributed by atoms with Gasteiger partial charge < -0.3 is 14.4 Å². The first-order valence-corrected chi connectivity index (χ1v) is 10.9. The fraction of sp³-hybridized carbons (Fsp3) is 0.304. The number of aryl methyl sites for hydroxylation is 2. The van der Waals surface area contributed by atoms with Crippen LogP contribution in [0, 0.1) is 13.8 Å². The van der Waals surface area contributed by atoms with Crippen LogP contribution < -0.4 is 4.74 Å². The van der Waals surface area contributed by atoms with E-state index in [4.69, 9.17) is 21.1 Å². The number of rotatable bonds is 9. The van der Waals surface area contributed by atoms with Crippen molar-refractivity contribution < 1.29 is 14.3 Å². The second-order valence-corrected chi connectivity index (χ2v) is 8.37. The summed E-state index contributed by atoms with van der Waals surface area (Å²) in [6, 6.07) is 12.9. The number of methoxy groups -OCH3 is 1. The first-order valence-electron chi connectivity index (χ1n) is 9.63. The Bertz CT molecular complexity index is 988. The molecule has 5 nitrogen and oxygen atoms in total. The molecule has 0 aliphatic carbocycles. The molecular formula is C23H25ClN2O3S. The van der Waals surface area contributed by atoms with Crippen molar-refractivity contribution in [3.63, 3.8) is 0 Å². The molecule has 0 fully saturated rings. The Morgan fingerprint density at radius 2 is 1.90 bits per heavy atom. The maximum Gasteiger partial charge on any atom is 0.254 e. The average molecular weight is 445 g/mol. The summed E-state index contributed by atoms with van der Waals surface area (Å²) in [7, 11) is 1.62. The van der Waals surface area contributed by atoms with Gasteiger partial charge in [0.1, 0.15) is 17.4 Å². The van der Waals surface area contributed by atoms with E-state index in [0.717, 1.165) is 16.5 Å². The fourth-order valence-electron chi connectivity index (χ4n) is 2.86. The van der Waals surface area contributed by atoms with Gasteiger partial charge in [0.05, 0.1) is 18.8 Å². The highest BCUT2D eigenvalue weighted by Gasteiger charge is 2.17. The molecule has 1 heterocycles. The number of benzene rings is 2. The van der Waals surface area contributed by atoms with Crippen LogP contribution in [0.3, 0.4) is 0 Å². The molecule has 0 aliphatic rings. The zero-order chi connectivity index (χ0) is 21.5. The van der Waals surface area contributed by atoms with Gasteiger partial charge >= 0.3 is 0 Å². The summed E-state index contributed by atoms with van der Waals surface area (Å²) in [5.74, 6) is 0.749. The molecule has 0 saturated heterocycles. The van der Waals surface area contributed by atoms with Crippen LogP contribution in [0.1, 0.15) is 32.2 Å². The molecule has 7 heteroatoms. The lowest BCUT2D eigenvalue weighted by molar-refractivity contribution is 0.0678. The monoisotopic (exact) mass is 444 g/mol. The number of halogens is 1. The van der Waals surface area contributed by atoms with Crippen LogP contribution >= 0.6 is 22.9 Å². The molecule has 0 atom stereocenters. The number of carbonyl (C=O) groups excluding carboxylic acids is 1. The van der Waals surface area contributed by atoms with E-state index in [0.29, 0.717) is 36.9 Å². The molecule has 158 valence electrons. The van der Waals surface area contributed by atoms with Crippen LogP contribution in [0.15, 0.2) is 47.8 Å². The van der Waals surface area contributed by atoms with Gasteiger partial charge in [0, 0.05) is 29.6 Å². The summed E-state index contributed by atoms with van der Waals surface area (Å²) >= 11 is 7.47. The third-order valence-corrected chi connectivity index (χ3v) is 5.86. The minimum atomic E-state index is -0.0790. The number of nitrogens with zero attached hydrogens (tertiary/aromatic N) is 2. The number of hydrogen-bond donors (Lipinski definition) is 0. The second-order valence-electron chi connectivity index (χ2n) is 6.99. The lowest BCUT2D eigenvalue weighted by Crippen LogP contribution is -2.33. The molecule has 0 aliphatic heterocycles. The number of ether oxygens (including phenoxy) is 2. The van der Waals surface area contributed by atoms with Crippen LogP contribution in [-0.4, -0.2) is 36.1 Å². The van der Waals surface area contributed by atoms with Crippen LogP contribution in [0.2, 0.25) is 5.02 Å². The number of aromatic nitrogens is 1. The standard InChI is InChI=1S/C23H25ClN2O3S/c1-16-4-9-21(12-17(16)2)29-14-22-25-20(15-30-22)13-26(10-11-28-3)23(27)18-5-7-19(24)8-6-18/h4-9,12,15H,10-11,13-14H2,1-3H3. The largest absolute Gasteiger partial charge is 0.486 e. The SMILES string of the molecule is COCCN(Cc1csc(COc2ccc(C)c(C)c2)n1)C(=O)c1ccc(Cl)cc1. The van der Waals surface area contributed by atoms with Gasteiger partial charge in [0.15, 0.2) is 0 Å². The Balaban J connectivity index is 1.64. The Morgan fingerprint density at radius 3 is 2.60 bits per heavy atom. The number of hydrogen-bond acceptors (Lipinski definition) is 5. The van der Waals surface area contributed by atoms with Crippen LogP contribution in [-0.2, 0) is 17.9 Å². The molecule has 30 heavy (non-hydrogen) atoms. The molecular weight excluding hydrogens is 420 g/mol. The normalized spacial score (nSPS) is 10.8. The van der Waals surface area contributed by atoms with Crippen molar-refractivity contribution in [2.75, 3.05) is 20.3 Å². The van der Waals surface area contributed by atoms with Gasteiger partial charge in [-0.05, 0) is 61.4 Å². The first kappa shape index (κ1) is 22.3. The molecule has 1 amide bonds. The minimum Gasteiger partial charge on any atom is -0.486 e. The quantitative estimate of drug-likeness (QED) is 0.450. The van der Waals surface area contributed by atoms with E-state index in [2.05, 4.69) is 18.8 Å². The molecule has 3 rings (SSSR count). The molecule has 2 aromatic carbocycles. The Hall–Kier alpha value is -2.41. The molecule has 0 N–H and O–H groups in total. The van der Waals surface area contributed by atoms with E-state index in [1.54, 1.807) is 36.3 Å². The highest BCUT2D eigenvalue weighted by atomic mass is 35.5. The molecule has 3 aromatic rings. The number of carbonyl (C=O) groups is 1. The van der Waals surface area contributed by atoms with Crippen molar-refractivity contribution in [3.05, 3.63) is 80.3 Å². The van der Waals surface area contributed by atoms with Crippen LogP contribution in [0.4, 0.5) is 0 Å². The van der Waals surface area contributed by atoms with Gasteiger partial charge in [0.25, 0.3) is 5.91 Å². The number of amides is 1. The Labute approximate surface area is 186 Å². The minimum absolute atomic E-state index is 0.0790. The van der Waals surface area contributed by atoms with E-state index in [-0.39, 0.29) is 5.91 Å². The lowest BCUT2D eigenvalue weighted by atomic mass is 10.1. The third kappa shape index (κ3) is 6.05. The molecule has 0 unspecified atom stereocenters. The summed E-state index contributed by atoms with van der Waals surface area (Å²) < 4.78 is 11.0. The first-order chi connectivity index (χ1) is 14.5. The fourth-order valence-corrected chi connectivity index (χ4v) is 3.68. The number of thiazole rings is 1. The summed E-state index contributed by atoms with van der Waals surface area (Å²) in [6.07, 6.45) is 0. The zero-order valence-electron chi connectivity index (χ0n) is 17.4. The molecule has 0 radical (unpaired) electrons. The Morgan fingerprint density at radius 1 is 1.13 bits per heavy atom. The Kier molecular flexibility index (Phi) is 7.85. The predicted molar refractivity (Wildman–Crippen MR) is 120 cm³/mol. The van der Waals surface area contributed by atoms with Crippen molar-refractivity contribution in [2.24, 2.45) is 0 Å². The predicted octanol–water partition coefficient (Wildman–Crippen LogP) is 5.28. The van der Waals surface area contributed by atoms with E-state index >= 15 is 0 Å². The van der Waals surface area contributed by atoms with Gasteiger partial charge in [0.2, 0.25) is 0 Å². The second kappa shape index (κ2) is 10.6. The lowest BCUT2D eigenvalue weighted by Gasteiger charge is -2.21. The average Bonchev–Trinajstić information content (AvgIpc) is 3.19. The van der Waals surface area contributed by atoms with Crippen molar-refractivity contribution in [1.82, 2.24) is 9.88 Å². The molecule has 0 bridgehead atoms. The highest BCUT2D eigenvalue weighted by molar-refractivity contribution is 7.09. The topological polar surface area (TPSA) is 51.7 Å². The van der Waals surface area contributed by atoms with E-state index < -0.39 is 0 Å². The van der Waals surface area contributed by atoms with Gasteiger partial charge in [-0.3, -0.25) is 4.79 Å². The summed E-state index contributed by atoms with van der Waals surface area (Å²) in [6.45, 7) is 5.88. The maximum atomic E-state index is 12.9. The van der Waals surface area contributed by atoms with Crippen molar-refractivity contribution >= 4 is 28.8 Å². The third-order valence-electron chi connectivity index (χ3n) is 4.74. The van der Waals surface area contributed by atoms with E-state index in [9.17, 15) is 4.79 Å². The maximum absolute atomic E-state index is 12.9. The van der Waals surface area contributed by atoms with Gasteiger partial charge in [-0.1, -0.05) is 17.7 Å². The van der Waals surface area contributed by atoms with Crippen LogP contribution in [0.25, 0.3) is 0 Å². The zero-order valence-corrected chi connectivity index (χ0v) is 18.9. The van der Waals surface area contributed by atoms with Gasteiger partial charge in [-0.15, -0.1) is 11.3 Å². The van der Waals surface area contributed by atoms with Gasteiger partial charge in [-0.25, -0.2) is 4.98 Å².